The molecule has 0 N–H and O–H groups in total. The Hall–Kier alpha value is -1.49. The predicted molar refractivity (Wildman–Crippen MR) is 103 cm³/mol. The first-order valence-corrected chi connectivity index (χ1v) is 10.1. The van der Waals surface area contributed by atoms with Crippen molar-refractivity contribution < 1.29 is 13.6 Å². The minimum Gasteiger partial charge on any atom is -0.355 e. The summed E-state index contributed by atoms with van der Waals surface area (Å²) in [6, 6.07) is 6.20. The Balaban J connectivity index is 1.58. The van der Waals surface area contributed by atoms with Crippen molar-refractivity contribution in [1.82, 2.24) is 9.80 Å². The second-order valence-electron chi connectivity index (χ2n) is 6.56. The van der Waals surface area contributed by atoms with Crippen molar-refractivity contribution in [3.63, 3.8) is 0 Å². The molecule has 0 bridgehead atoms. The van der Waals surface area contributed by atoms with E-state index in [0.29, 0.717) is 10.0 Å². The Labute approximate surface area is 170 Å². The van der Waals surface area contributed by atoms with Crippen molar-refractivity contribution >= 4 is 40.9 Å². The van der Waals surface area contributed by atoms with Gasteiger partial charge in [-0.15, -0.1) is 11.8 Å². The Bertz CT molecular complexity index is 799. The molecule has 1 aromatic rings. The summed E-state index contributed by atoms with van der Waals surface area (Å²) in [5.74, 6) is -3.45. The molecule has 2 aliphatic heterocycles. The van der Waals surface area contributed by atoms with Crippen molar-refractivity contribution in [1.29, 1.82) is 5.26 Å². The quantitative estimate of drug-likeness (QED) is 0.686. The zero-order valence-electron chi connectivity index (χ0n) is 14.2. The summed E-state index contributed by atoms with van der Waals surface area (Å²) in [6.07, 6.45) is 2.68. The lowest BCUT2D eigenvalue weighted by atomic mass is 10.1. The third-order valence-electron chi connectivity index (χ3n) is 4.58. The van der Waals surface area contributed by atoms with Gasteiger partial charge in [0.05, 0.1) is 34.6 Å². The Kier molecular flexibility index (Phi) is 6.19. The van der Waals surface area contributed by atoms with Crippen molar-refractivity contribution in [2.24, 2.45) is 0 Å². The molecule has 3 rings (SSSR count). The van der Waals surface area contributed by atoms with Gasteiger partial charge in [-0.05, 0) is 35.9 Å². The highest BCUT2D eigenvalue weighted by Gasteiger charge is 2.47. The average Bonchev–Trinajstić information content (AvgIpc) is 3.19. The van der Waals surface area contributed by atoms with Crippen molar-refractivity contribution in [2.45, 2.75) is 36.6 Å². The molecule has 144 valence electrons. The molecule has 0 spiro atoms. The fourth-order valence-electron chi connectivity index (χ4n) is 3.19. The smallest absolute Gasteiger partial charge is 0.268 e. The minimum atomic E-state index is -3.00. The maximum atomic E-state index is 13.6. The van der Waals surface area contributed by atoms with Gasteiger partial charge in [0.25, 0.3) is 5.92 Å². The number of likely N-dealkylation sites (tertiary alicyclic amines) is 1. The molecule has 1 unspecified atom stereocenters. The molecule has 9 heteroatoms. The maximum absolute atomic E-state index is 13.6. The van der Waals surface area contributed by atoms with Crippen molar-refractivity contribution in [3.8, 4) is 6.07 Å². The zero-order chi connectivity index (χ0) is 19.6. The summed E-state index contributed by atoms with van der Waals surface area (Å²) < 4.78 is 27.1. The van der Waals surface area contributed by atoms with Crippen molar-refractivity contribution in [3.05, 3.63) is 45.4 Å². The van der Waals surface area contributed by atoms with E-state index in [9.17, 15) is 13.6 Å². The number of carbonyl (C=O) groups is 1. The van der Waals surface area contributed by atoms with E-state index >= 15 is 0 Å². The average molecular weight is 432 g/mol. The molecular formula is C18H17Cl2F2N3OS. The van der Waals surface area contributed by atoms with Gasteiger partial charge < -0.3 is 9.80 Å². The second-order valence-corrected chi connectivity index (χ2v) is 8.46. The van der Waals surface area contributed by atoms with E-state index in [4.69, 9.17) is 28.5 Å². The molecule has 1 aromatic carbocycles. The van der Waals surface area contributed by atoms with Gasteiger partial charge in [-0.25, -0.2) is 8.78 Å². The highest BCUT2D eigenvalue weighted by Crippen LogP contribution is 2.33. The van der Waals surface area contributed by atoms with Gasteiger partial charge in [-0.1, -0.05) is 29.3 Å². The Morgan fingerprint density at radius 3 is 2.85 bits per heavy atom. The number of amides is 1. The van der Waals surface area contributed by atoms with E-state index in [1.807, 2.05) is 22.4 Å². The van der Waals surface area contributed by atoms with Gasteiger partial charge in [-0.3, -0.25) is 4.79 Å². The molecule has 2 heterocycles. The van der Waals surface area contributed by atoms with Crippen LogP contribution < -0.4 is 0 Å². The lowest BCUT2D eigenvalue weighted by molar-refractivity contribution is -0.133. The first-order valence-electron chi connectivity index (χ1n) is 8.38. The highest BCUT2D eigenvalue weighted by molar-refractivity contribution is 8.02. The molecule has 4 nitrogen and oxygen atoms in total. The van der Waals surface area contributed by atoms with E-state index in [-0.39, 0.29) is 11.9 Å². The van der Waals surface area contributed by atoms with E-state index in [0.717, 1.165) is 23.3 Å². The number of thioether (sulfide) groups is 1. The Morgan fingerprint density at radius 1 is 1.37 bits per heavy atom. The van der Waals surface area contributed by atoms with Crippen LogP contribution in [0.2, 0.25) is 10.0 Å². The molecule has 0 aromatic heterocycles. The highest BCUT2D eigenvalue weighted by atomic mass is 35.5. The van der Waals surface area contributed by atoms with Crippen LogP contribution in [0.4, 0.5) is 8.78 Å². The van der Waals surface area contributed by atoms with Crippen LogP contribution in [0.5, 0.6) is 0 Å². The van der Waals surface area contributed by atoms with E-state index in [1.165, 1.54) is 0 Å². The molecule has 0 aliphatic carbocycles. The molecule has 0 radical (unpaired) electrons. The maximum Gasteiger partial charge on any atom is 0.268 e. The number of rotatable bonds is 5. The number of benzene rings is 1. The third kappa shape index (κ3) is 4.87. The molecular weight excluding hydrogens is 415 g/mol. The van der Waals surface area contributed by atoms with Gasteiger partial charge in [0, 0.05) is 12.6 Å². The fourth-order valence-corrected chi connectivity index (χ4v) is 4.48. The van der Waals surface area contributed by atoms with E-state index in [2.05, 4.69) is 0 Å². The molecule has 2 aliphatic rings. The number of nitrogens with zero attached hydrogens (tertiary/aromatic N) is 3. The molecule has 1 amide bonds. The van der Waals surface area contributed by atoms with Crippen LogP contribution in [-0.4, -0.2) is 46.1 Å². The molecule has 1 fully saturated rings. The van der Waals surface area contributed by atoms with Gasteiger partial charge in [0.15, 0.2) is 0 Å². The third-order valence-corrected chi connectivity index (χ3v) is 6.42. The normalized spacial score (nSPS) is 23.7. The number of hydrogen-bond donors (Lipinski definition) is 0. The molecule has 1 saturated heterocycles. The van der Waals surface area contributed by atoms with Gasteiger partial charge >= 0.3 is 0 Å². The van der Waals surface area contributed by atoms with Crippen LogP contribution in [-0.2, 0) is 11.2 Å². The zero-order valence-corrected chi connectivity index (χ0v) is 16.6. The number of halogens is 4. The number of nitriles is 1. The standard InChI is InChI=1S/C18H17Cl2F2N3OS/c19-14-3-1-12(7-15(14)20)2-4-17-24(5-6-27-17)10-16(26)25-11-18(21,22)8-13(25)9-23/h1,3,5-7,13,17H,2,4,8,10-11H2/t13?,17-/m0/s1. The minimum absolute atomic E-state index is 0.0204. The first kappa shape index (κ1) is 20.2. The number of hydrogen-bond acceptors (Lipinski definition) is 4. The van der Waals surface area contributed by atoms with E-state index in [1.54, 1.807) is 30.1 Å². The van der Waals surface area contributed by atoms with Gasteiger partial charge in [0.2, 0.25) is 5.91 Å². The van der Waals surface area contributed by atoms with Crippen LogP contribution in [0, 0.1) is 11.3 Å². The lowest BCUT2D eigenvalue weighted by Crippen LogP contribution is -2.43. The Morgan fingerprint density at radius 2 is 2.15 bits per heavy atom. The summed E-state index contributed by atoms with van der Waals surface area (Å²) >= 11 is 13.5. The molecule has 0 saturated carbocycles. The number of carbonyl (C=O) groups excluding carboxylic acids is 1. The topological polar surface area (TPSA) is 47.3 Å². The van der Waals surface area contributed by atoms with Crippen LogP contribution in [0.15, 0.2) is 29.8 Å². The van der Waals surface area contributed by atoms with Crippen LogP contribution >= 0.6 is 35.0 Å². The lowest BCUT2D eigenvalue weighted by Gasteiger charge is -2.27. The number of alkyl halides is 2. The fraction of sp³-hybridized carbons (Fsp3) is 0.444. The van der Waals surface area contributed by atoms with Crippen LogP contribution in [0.3, 0.4) is 0 Å². The van der Waals surface area contributed by atoms with E-state index < -0.39 is 30.8 Å². The predicted octanol–water partition coefficient (Wildman–Crippen LogP) is 4.53. The van der Waals surface area contributed by atoms with Crippen LogP contribution in [0.1, 0.15) is 18.4 Å². The SMILES string of the molecule is N#CC1CC(F)(F)CN1C(=O)CN1C=CS[C@H]1CCc1ccc(Cl)c(Cl)c1. The van der Waals surface area contributed by atoms with Crippen molar-refractivity contribution in [2.75, 3.05) is 13.1 Å². The summed E-state index contributed by atoms with van der Waals surface area (Å²) in [5.41, 5.74) is 1.03. The number of aryl methyl sites for hydroxylation is 1. The monoisotopic (exact) mass is 431 g/mol. The molecule has 27 heavy (non-hydrogen) atoms. The first-order chi connectivity index (χ1) is 12.8. The summed E-state index contributed by atoms with van der Waals surface area (Å²) in [7, 11) is 0. The summed E-state index contributed by atoms with van der Waals surface area (Å²) in [6.45, 7) is -0.716. The van der Waals surface area contributed by atoms with Gasteiger partial charge in [-0.2, -0.15) is 5.26 Å². The second kappa shape index (κ2) is 8.26. The summed E-state index contributed by atoms with van der Waals surface area (Å²) in [5, 5.41) is 12.0. The molecule has 2 atom stereocenters. The summed E-state index contributed by atoms with van der Waals surface area (Å²) in [4.78, 5) is 15.3. The van der Waals surface area contributed by atoms with Crippen LogP contribution in [0.25, 0.3) is 0 Å². The van der Waals surface area contributed by atoms with Gasteiger partial charge in [0.1, 0.15) is 6.04 Å². The largest absolute Gasteiger partial charge is 0.355 e.